The minimum Gasteiger partial charge on any atom is -0.478 e. The highest BCUT2D eigenvalue weighted by atomic mass is 16.5. The van der Waals surface area contributed by atoms with E-state index in [1.807, 2.05) is 0 Å². The second kappa shape index (κ2) is 4.97. The van der Waals surface area contributed by atoms with E-state index < -0.39 is 11.6 Å². The van der Waals surface area contributed by atoms with Crippen LogP contribution in [0.15, 0.2) is 24.3 Å². The molecular formula is C12H15NO4. The Kier molecular flexibility index (Phi) is 3.85. The molecule has 0 aliphatic heterocycles. The number of carbonyl (C=O) groups excluding carboxylic acids is 1. The normalized spacial score (nSPS) is 11.0. The van der Waals surface area contributed by atoms with Gasteiger partial charge in [-0.1, -0.05) is 0 Å². The molecule has 0 aromatic heterocycles. The van der Waals surface area contributed by atoms with Crippen LogP contribution in [0, 0.1) is 0 Å². The SMILES string of the molecule is CC(C)(Oc1ccc(C(=O)CN)cc1)C(=O)O. The molecule has 0 atom stereocenters. The van der Waals surface area contributed by atoms with E-state index in [9.17, 15) is 9.59 Å². The monoisotopic (exact) mass is 237 g/mol. The number of aliphatic carboxylic acids is 1. The summed E-state index contributed by atoms with van der Waals surface area (Å²) in [4.78, 5) is 22.1. The Morgan fingerprint density at radius 1 is 1.29 bits per heavy atom. The number of carbonyl (C=O) groups is 2. The van der Waals surface area contributed by atoms with Crippen LogP contribution in [0.3, 0.4) is 0 Å². The summed E-state index contributed by atoms with van der Waals surface area (Å²) in [6.45, 7) is 2.85. The zero-order chi connectivity index (χ0) is 13.1. The summed E-state index contributed by atoms with van der Waals surface area (Å²) in [5.74, 6) is -0.834. The molecule has 0 radical (unpaired) electrons. The van der Waals surface area contributed by atoms with E-state index in [0.29, 0.717) is 11.3 Å². The van der Waals surface area contributed by atoms with Crippen LogP contribution in [0.5, 0.6) is 5.75 Å². The van der Waals surface area contributed by atoms with Crippen LogP contribution in [0.1, 0.15) is 24.2 Å². The number of ether oxygens (including phenoxy) is 1. The lowest BCUT2D eigenvalue weighted by molar-refractivity contribution is -0.152. The van der Waals surface area contributed by atoms with E-state index in [-0.39, 0.29) is 12.3 Å². The first-order valence-electron chi connectivity index (χ1n) is 5.12. The fourth-order valence-corrected chi connectivity index (χ4v) is 1.17. The molecular weight excluding hydrogens is 222 g/mol. The first-order valence-corrected chi connectivity index (χ1v) is 5.12. The zero-order valence-electron chi connectivity index (χ0n) is 9.77. The first-order chi connectivity index (χ1) is 7.86. The third-order valence-corrected chi connectivity index (χ3v) is 2.25. The van der Waals surface area contributed by atoms with Gasteiger partial charge in [-0.05, 0) is 38.1 Å². The second-order valence-electron chi connectivity index (χ2n) is 4.07. The van der Waals surface area contributed by atoms with Gasteiger partial charge in [0.1, 0.15) is 5.75 Å². The van der Waals surface area contributed by atoms with Crippen molar-refractivity contribution in [2.75, 3.05) is 6.54 Å². The molecule has 0 fully saturated rings. The van der Waals surface area contributed by atoms with Crippen LogP contribution in [-0.2, 0) is 4.79 Å². The van der Waals surface area contributed by atoms with E-state index in [2.05, 4.69) is 0 Å². The van der Waals surface area contributed by atoms with Crippen LogP contribution >= 0.6 is 0 Å². The Balaban J connectivity index is 2.82. The van der Waals surface area contributed by atoms with Gasteiger partial charge in [0.05, 0.1) is 6.54 Å². The topological polar surface area (TPSA) is 89.6 Å². The van der Waals surface area contributed by atoms with Gasteiger partial charge in [0.15, 0.2) is 11.4 Å². The molecule has 1 rings (SSSR count). The van der Waals surface area contributed by atoms with Gasteiger partial charge in [-0.2, -0.15) is 0 Å². The number of Topliss-reactive ketones (excluding diaryl/α,β-unsaturated/α-hetero) is 1. The number of carboxylic acids is 1. The van der Waals surface area contributed by atoms with E-state index >= 15 is 0 Å². The maximum atomic E-state index is 11.3. The van der Waals surface area contributed by atoms with Crippen molar-refractivity contribution in [1.29, 1.82) is 0 Å². The summed E-state index contributed by atoms with van der Waals surface area (Å²) >= 11 is 0. The van der Waals surface area contributed by atoms with Crippen LogP contribution in [0.4, 0.5) is 0 Å². The van der Waals surface area contributed by atoms with Crippen molar-refractivity contribution in [3.8, 4) is 5.75 Å². The van der Waals surface area contributed by atoms with Crippen molar-refractivity contribution < 1.29 is 19.4 Å². The number of nitrogens with two attached hydrogens (primary N) is 1. The molecule has 0 heterocycles. The van der Waals surface area contributed by atoms with Crippen molar-refractivity contribution >= 4 is 11.8 Å². The highest BCUT2D eigenvalue weighted by Crippen LogP contribution is 2.19. The summed E-state index contributed by atoms with van der Waals surface area (Å²) in [5, 5.41) is 8.89. The largest absolute Gasteiger partial charge is 0.478 e. The Hall–Kier alpha value is -1.88. The molecule has 0 aliphatic carbocycles. The number of hydrogen-bond acceptors (Lipinski definition) is 4. The van der Waals surface area contributed by atoms with Gasteiger partial charge in [0, 0.05) is 5.56 Å². The van der Waals surface area contributed by atoms with Gasteiger partial charge in [-0.25, -0.2) is 4.79 Å². The molecule has 0 saturated heterocycles. The molecule has 5 nitrogen and oxygen atoms in total. The van der Waals surface area contributed by atoms with Gasteiger partial charge in [-0.3, -0.25) is 4.79 Å². The van der Waals surface area contributed by atoms with Crippen LogP contribution in [0.2, 0.25) is 0 Å². The molecule has 0 amide bonds. The molecule has 0 spiro atoms. The molecule has 3 N–H and O–H groups in total. The predicted octanol–water partition coefficient (Wildman–Crippen LogP) is 1.07. The molecule has 17 heavy (non-hydrogen) atoms. The smallest absolute Gasteiger partial charge is 0.347 e. The Labute approximate surface area is 99.2 Å². The lowest BCUT2D eigenvalue weighted by Crippen LogP contribution is -2.37. The van der Waals surface area contributed by atoms with E-state index in [4.69, 9.17) is 15.6 Å². The molecule has 92 valence electrons. The van der Waals surface area contributed by atoms with E-state index in [1.165, 1.54) is 13.8 Å². The third kappa shape index (κ3) is 3.29. The van der Waals surface area contributed by atoms with Crippen LogP contribution in [0.25, 0.3) is 0 Å². The van der Waals surface area contributed by atoms with E-state index in [1.54, 1.807) is 24.3 Å². The molecule has 0 unspecified atom stereocenters. The lowest BCUT2D eigenvalue weighted by atomic mass is 10.1. The van der Waals surface area contributed by atoms with Crippen LogP contribution in [-0.4, -0.2) is 29.0 Å². The average molecular weight is 237 g/mol. The molecule has 0 saturated carbocycles. The van der Waals surface area contributed by atoms with Crippen molar-refractivity contribution in [2.45, 2.75) is 19.4 Å². The maximum Gasteiger partial charge on any atom is 0.347 e. The average Bonchev–Trinajstić information content (AvgIpc) is 2.28. The van der Waals surface area contributed by atoms with Crippen molar-refractivity contribution in [3.05, 3.63) is 29.8 Å². The first kappa shape index (κ1) is 13.2. The Morgan fingerprint density at radius 3 is 2.24 bits per heavy atom. The van der Waals surface area contributed by atoms with Gasteiger partial charge in [-0.15, -0.1) is 0 Å². The van der Waals surface area contributed by atoms with Gasteiger partial charge < -0.3 is 15.6 Å². The van der Waals surface area contributed by atoms with Crippen LogP contribution < -0.4 is 10.5 Å². The third-order valence-electron chi connectivity index (χ3n) is 2.25. The summed E-state index contributed by atoms with van der Waals surface area (Å²) in [7, 11) is 0. The van der Waals surface area contributed by atoms with Crippen molar-refractivity contribution in [3.63, 3.8) is 0 Å². The van der Waals surface area contributed by atoms with E-state index in [0.717, 1.165) is 0 Å². The zero-order valence-corrected chi connectivity index (χ0v) is 9.77. The summed E-state index contributed by atoms with van der Waals surface area (Å²) in [6.07, 6.45) is 0. The van der Waals surface area contributed by atoms with Gasteiger partial charge in [0.2, 0.25) is 0 Å². The second-order valence-corrected chi connectivity index (χ2v) is 4.07. The number of ketones is 1. The fourth-order valence-electron chi connectivity index (χ4n) is 1.17. The standard InChI is InChI=1S/C12H15NO4/c1-12(2,11(15)16)17-9-5-3-8(4-6-9)10(14)7-13/h3-6H,7,13H2,1-2H3,(H,15,16). The number of benzene rings is 1. The van der Waals surface area contributed by atoms with Crippen molar-refractivity contribution in [1.82, 2.24) is 0 Å². The minimum atomic E-state index is -1.31. The van der Waals surface area contributed by atoms with Crippen molar-refractivity contribution in [2.24, 2.45) is 5.73 Å². The molecule has 5 heteroatoms. The highest BCUT2D eigenvalue weighted by Gasteiger charge is 2.29. The number of rotatable bonds is 5. The lowest BCUT2D eigenvalue weighted by Gasteiger charge is -2.21. The Bertz CT molecular complexity index is 423. The predicted molar refractivity (Wildman–Crippen MR) is 62.2 cm³/mol. The molecule has 0 aliphatic rings. The summed E-state index contributed by atoms with van der Waals surface area (Å²) < 4.78 is 5.29. The number of carboxylic acid groups (broad SMARTS) is 1. The summed E-state index contributed by atoms with van der Waals surface area (Å²) in [6, 6.07) is 6.21. The quantitative estimate of drug-likeness (QED) is 0.747. The minimum absolute atomic E-state index is 0.0547. The summed E-state index contributed by atoms with van der Waals surface area (Å²) in [5.41, 5.74) is 4.40. The fraction of sp³-hybridized carbons (Fsp3) is 0.333. The van der Waals surface area contributed by atoms with Gasteiger partial charge in [0.25, 0.3) is 0 Å². The molecule has 1 aromatic carbocycles. The van der Waals surface area contributed by atoms with Gasteiger partial charge >= 0.3 is 5.97 Å². The molecule has 0 bridgehead atoms. The Morgan fingerprint density at radius 2 is 1.82 bits per heavy atom. The molecule has 1 aromatic rings. The maximum absolute atomic E-state index is 11.3. The highest BCUT2D eigenvalue weighted by molar-refractivity contribution is 5.97. The number of hydrogen-bond donors (Lipinski definition) is 2.